The number of nitrogens with one attached hydrogen (secondary N) is 2. The summed E-state index contributed by atoms with van der Waals surface area (Å²) in [6.07, 6.45) is 5.30. The number of thiazole rings is 1. The summed E-state index contributed by atoms with van der Waals surface area (Å²) in [7, 11) is -2.26. The van der Waals surface area contributed by atoms with Crippen molar-refractivity contribution in [3.05, 3.63) is 42.0 Å². The van der Waals surface area contributed by atoms with E-state index in [1.165, 1.54) is 16.4 Å². The Morgan fingerprint density at radius 2 is 1.71 bits per heavy atom. The van der Waals surface area contributed by atoms with Gasteiger partial charge in [0.2, 0.25) is 21.8 Å². The standard InChI is InChI=1S/C31H41N5O7S2/c1-31(2,3)42-30(38)43-36-17-15-22(16-18-36)35-45(39,40)23-11-9-21(10-12-23)24(19-20-7-5-6-8-20)27(37)34-29-32-25-13-14-26(41-4)33-28(25)44-29/h9-14,20,22,24,35H,5-8,15-19H2,1-4H3,(H,32,34,37). The smallest absolute Gasteiger partial charge is 0.481 e. The first-order valence-electron chi connectivity index (χ1n) is 15.3. The highest BCUT2D eigenvalue weighted by molar-refractivity contribution is 7.89. The average Bonchev–Trinajstić information content (AvgIpc) is 3.65. The van der Waals surface area contributed by atoms with Gasteiger partial charge in [0.25, 0.3) is 0 Å². The average molecular weight is 660 g/mol. The molecule has 244 valence electrons. The first-order chi connectivity index (χ1) is 21.4. The fourth-order valence-electron chi connectivity index (χ4n) is 5.74. The lowest BCUT2D eigenvalue weighted by Gasteiger charge is -2.31. The molecule has 2 N–H and O–H groups in total. The van der Waals surface area contributed by atoms with E-state index in [1.54, 1.807) is 64.3 Å². The van der Waals surface area contributed by atoms with Crippen molar-refractivity contribution in [2.75, 3.05) is 25.5 Å². The molecule has 0 radical (unpaired) electrons. The number of anilines is 1. The third kappa shape index (κ3) is 8.90. The summed E-state index contributed by atoms with van der Waals surface area (Å²) in [5.74, 6) is 0.270. The van der Waals surface area contributed by atoms with Crippen LogP contribution in [0.1, 0.15) is 77.2 Å². The molecule has 0 bridgehead atoms. The van der Waals surface area contributed by atoms with Crippen LogP contribution in [0.4, 0.5) is 9.93 Å². The second-order valence-electron chi connectivity index (χ2n) is 12.6. The number of carbonyl (C=O) groups is 2. The molecule has 1 aromatic carbocycles. The van der Waals surface area contributed by atoms with Gasteiger partial charge in [-0.1, -0.05) is 49.2 Å². The lowest BCUT2D eigenvalue weighted by Crippen LogP contribution is -2.45. The predicted octanol–water partition coefficient (Wildman–Crippen LogP) is 5.61. The van der Waals surface area contributed by atoms with Gasteiger partial charge in [-0.15, -0.1) is 5.06 Å². The minimum Gasteiger partial charge on any atom is -0.481 e. The predicted molar refractivity (Wildman–Crippen MR) is 171 cm³/mol. The van der Waals surface area contributed by atoms with Crippen molar-refractivity contribution in [1.82, 2.24) is 19.8 Å². The van der Waals surface area contributed by atoms with Gasteiger partial charge >= 0.3 is 6.16 Å². The Hall–Kier alpha value is -3.33. The lowest BCUT2D eigenvalue weighted by atomic mass is 9.87. The molecule has 12 nitrogen and oxygen atoms in total. The molecule has 3 aromatic rings. The summed E-state index contributed by atoms with van der Waals surface area (Å²) >= 11 is 1.28. The van der Waals surface area contributed by atoms with Gasteiger partial charge in [0.05, 0.1) is 17.9 Å². The molecule has 2 aromatic heterocycles. The number of fused-ring (bicyclic) bond motifs is 1. The molecule has 0 spiro atoms. The molecule has 1 aliphatic heterocycles. The Morgan fingerprint density at radius 1 is 1.02 bits per heavy atom. The second-order valence-corrected chi connectivity index (χ2v) is 15.3. The number of hydrogen-bond acceptors (Lipinski definition) is 11. The maximum Gasteiger partial charge on any atom is 0.528 e. The fourth-order valence-corrected chi connectivity index (χ4v) is 7.88. The van der Waals surface area contributed by atoms with Crippen molar-refractivity contribution in [3.63, 3.8) is 0 Å². The molecule has 1 saturated carbocycles. The molecule has 45 heavy (non-hydrogen) atoms. The monoisotopic (exact) mass is 659 g/mol. The molecule has 5 rings (SSSR count). The minimum absolute atomic E-state index is 0.130. The Bertz CT molecular complexity index is 1590. The number of benzene rings is 1. The molecule has 1 saturated heterocycles. The Kier molecular flexibility index (Phi) is 10.3. The quantitative estimate of drug-likeness (QED) is 0.263. The van der Waals surface area contributed by atoms with Gasteiger partial charge in [-0.2, -0.15) is 0 Å². The van der Waals surface area contributed by atoms with Crippen molar-refractivity contribution in [2.24, 2.45) is 5.92 Å². The van der Waals surface area contributed by atoms with Crippen molar-refractivity contribution >= 4 is 48.9 Å². The zero-order valence-electron chi connectivity index (χ0n) is 26.1. The van der Waals surface area contributed by atoms with Gasteiger partial charge in [0, 0.05) is 25.2 Å². The van der Waals surface area contributed by atoms with Crippen molar-refractivity contribution < 1.29 is 32.3 Å². The van der Waals surface area contributed by atoms with Crippen molar-refractivity contribution in [3.8, 4) is 5.88 Å². The summed E-state index contributed by atoms with van der Waals surface area (Å²) in [6, 6.07) is 9.80. The summed E-state index contributed by atoms with van der Waals surface area (Å²) in [5.41, 5.74) is 0.767. The molecule has 1 amide bonds. The molecule has 1 aliphatic carbocycles. The van der Waals surface area contributed by atoms with Gasteiger partial charge in [0.15, 0.2) is 5.13 Å². The number of sulfonamides is 1. The Balaban J connectivity index is 1.23. The van der Waals surface area contributed by atoms with Crippen molar-refractivity contribution in [2.45, 2.75) is 88.2 Å². The number of ether oxygens (including phenoxy) is 2. The van der Waals surface area contributed by atoms with Crippen LogP contribution in [0.15, 0.2) is 41.3 Å². The highest BCUT2D eigenvalue weighted by Crippen LogP contribution is 2.36. The van der Waals surface area contributed by atoms with E-state index in [0.29, 0.717) is 59.6 Å². The van der Waals surface area contributed by atoms with E-state index in [-0.39, 0.29) is 16.8 Å². The summed E-state index contributed by atoms with van der Waals surface area (Å²) in [6.45, 7) is 6.02. The number of rotatable bonds is 10. The number of nitrogens with zero attached hydrogens (tertiary/aromatic N) is 3. The summed E-state index contributed by atoms with van der Waals surface area (Å²) < 4.78 is 39.7. The minimum atomic E-state index is -3.81. The molecular formula is C31H41N5O7S2. The van der Waals surface area contributed by atoms with Gasteiger partial charge in [-0.3, -0.25) is 4.79 Å². The largest absolute Gasteiger partial charge is 0.528 e. The molecule has 2 fully saturated rings. The van der Waals surface area contributed by atoms with Crippen LogP contribution < -0.4 is 14.8 Å². The second kappa shape index (κ2) is 14.0. The third-order valence-corrected chi connectivity index (χ3v) is 10.4. The molecule has 3 heterocycles. The van der Waals surface area contributed by atoms with E-state index in [9.17, 15) is 18.0 Å². The number of aromatic nitrogens is 2. The number of amides is 1. The topological polar surface area (TPSA) is 149 Å². The van der Waals surface area contributed by atoms with Crippen LogP contribution in [0.3, 0.4) is 0 Å². The zero-order valence-corrected chi connectivity index (χ0v) is 27.7. The van der Waals surface area contributed by atoms with E-state index >= 15 is 0 Å². The van der Waals surface area contributed by atoms with Crippen LogP contribution in [-0.4, -0.2) is 67.4 Å². The SMILES string of the molecule is COc1ccc2nc(NC(=O)C(CC3CCCC3)c3ccc(S(=O)(=O)NC4CCN(OC(=O)OC(C)(C)C)CC4)cc3)sc2n1. The van der Waals surface area contributed by atoms with Gasteiger partial charge in [0.1, 0.15) is 15.9 Å². The van der Waals surface area contributed by atoms with Gasteiger partial charge in [-0.05, 0) is 69.7 Å². The normalized spacial score (nSPS) is 17.7. The molecule has 14 heteroatoms. The van der Waals surface area contributed by atoms with E-state index < -0.39 is 27.7 Å². The van der Waals surface area contributed by atoms with Crippen LogP contribution in [0.5, 0.6) is 5.88 Å². The van der Waals surface area contributed by atoms with E-state index in [1.807, 2.05) is 0 Å². The molecular weight excluding hydrogens is 619 g/mol. The van der Waals surface area contributed by atoms with E-state index in [0.717, 1.165) is 31.2 Å². The van der Waals surface area contributed by atoms with Gasteiger partial charge in [-0.25, -0.2) is 27.9 Å². The first-order valence-corrected chi connectivity index (χ1v) is 17.6. The number of piperidine rings is 1. The van der Waals surface area contributed by atoms with E-state index in [2.05, 4.69) is 20.0 Å². The zero-order chi connectivity index (χ0) is 32.2. The van der Waals surface area contributed by atoms with Crippen molar-refractivity contribution in [1.29, 1.82) is 0 Å². The highest BCUT2D eigenvalue weighted by atomic mass is 32.2. The first kappa shape index (κ1) is 33.0. The fraction of sp³-hybridized carbons (Fsp3) is 0.548. The molecule has 1 unspecified atom stereocenters. The Labute approximate surface area is 267 Å². The lowest BCUT2D eigenvalue weighted by molar-refractivity contribution is -0.152. The number of methoxy groups -OCH3 is 1. The number of carbonyl (C=O) groups excluding carboxylic acids is 2. The Morgan fingerprint density at radius 3 is 2.36 bits per heavy atom. The van der Waals surface area contributed by atoms with Crippen LogP contribution in [0.2, 0.25) is 0 Å². The highest BCUT2D eigenvalue weighted by Gasteiger charge is 2.30. The number of hydroxylamine groups is 2. The number of pyridine rings is 1. The summed E-state index contributed by atoms with van der Waals surface area (Å²) in [4.78, 5) is 40.6. The maximum absolute atomic E-state index is 13.6. The van der Waals surface area contributed by atoms with Crippen LogP contribution >= 0.6 is 11.3 Å². The third-order valence-electron chi connectivity index (χ3n) is 7.99. The van der Waals surface area contributed by atoms with Crippen LogP contribution in [0.25, 0.3) is 10.3 Å². The summed E-state index contributed by atoms with van der Waals surface area (Å²) in [5, 5.41) is 4.93. The number of hydrogen-bond donors (Lipinski definition) is 2. The molecule has 1 atom stereocenters. The molecule has 2 aliphatic rings. The van der Waals surface area contributed by atoms with Crippen LogP contribution in [-0.2, 0) is 24.4 Å². The van der Waals surface area contributed by atoms with Gasteiger partial charge < -0.3 is 19.6 Å². The van der Waals surface area contributed by atoms with Crippen LogP contribution in [0, 0.1) is 5.92 Å². The maximum atomic E-state index is 13.6. The van der Waals surface area contributed by atoms with E-state index in [4.69, 9.17) is 14.3 Å².